The molecule has 0 saturated heterocycles. The van der Waals surface area contributed by atoms with Crippen LogP contribution in [-0.2, 0) is 17.8 Å². The van der Waals surface area contributed by atoms with Crippen molar-refractivity contribution >= 4 is 40.0 Å². The molecule has 0 amide bonds. The lowest BCUT2D eigenvalue weighted by atomic mass is 9.88. The van der Waals surface area contributed by atoms with E-state index in [1.54, 1.807) is 31.8 Å². The summed E-state index contributed by atoms with van der Waals surface area (Å²) in [6.07, 6.45) is 1.93. The molecule has 1 N–H and O–H groups in total. The molecule has 0 aliphatic heterocycles. The molecule has 0 radical (unpaired) electrons. The Balaban J connectivity index is 1.58. The zero-order chi connectivity index (χ0) is 32.4. The summed E-state index contributed by atoms with van der Waals surface area (Å²) < 4.78 is 14.1. The minimum absolute atomic E-state index is 0.102. The second-order valence-electron chi connectivity index (χ2n) is 12.8. The standard InChI is InChI=1S/C36H41N3O4S2/c1-8-42-34-38-29(22-44-34)25-14-12-24(13-15-25)21-39-30-17-16-26(43-23(2)28-11-9-10-18-37-28)19-27(30)32(45-35(3,4)5)31(39)20-36(6,7)33(40)41/h9-19,22-23H,8,20-21H2,1-7H3,(H,40,41)/t23-/m1/s1. The molecule has 236 valence electrons. The number of nitrogens with zero attached hydrogens (tertiary/aromatic N) is 3. The summed E-state index contributed by atoms with van der Waals surface area (Å²) in [5.74, 6) is -0.0742. The first-order valence-corrected chi connectivity index (χ1v) is 16.9. The van der Waals surface area contributed by atoms with Crippen molar-refractivity contribution in [2.24, 2.45) is 5.41 Å². The fraction of sp³-hybridized carbons (Fsp3) is 0.361. The minimum Gasteiger partial charge on any atom is -0.484 e. The van der Waals surface area contributed by atoms with E-state index in [2.05, 4.69) is 71.7 Å². The summed E-state index contributed by atoms with van der Waals surface area (Å²) in [5.41, 5.74) is 4.98. The molecule has 0 bridgehead atoms. The number of benzene rings is 2. The van der Waals surface area contributed by atoms with Crippen LogP contribution >= 0.6 is 23.1 Å². The highest BCUT2D eigenvalue weighted by Crippen LogP contribution is 2.44. The van der Waals surface area contributed by atoms with Crippen molar-refractivity contribution in [1.29, 1.82) is 0 Å². The van der Waals surface area contributed by atoms with E-state index < -0.39 is 11.4 Å². The number of hydrogen-bond acceptors (Lipinski definition) is 7. The number of aliphatic carboxylic acids is 1. The van der Waals surface area contributed by atoms with Crippen molar-refractivity contribution in [3.8, 4) is 22.2 Å². The van der Waals surface area contributed by atoms with Crippen LogP contribution in [0.4, 0.5) is 0 Å². The van der Waals surface area contributed by atoms with Crippen LogP contribution in [0.1, 0.15) is 71.5 Å². The first-order valence-electron chi connectivity index (χ1n) is 15.2. The van der Waals surface area contributed by atoms with E-state index in [0.29, 0.717) is 24.8 Å². The molecule has 5 rings (SSSR count). The van der Waals surface area contributed by atoms with Gasteiger partial charge in [0, 0.05) is 56.3 Å². The summed E-state index contributed by atoms with van der Waals surface area (Å²) in [6, 6.07) is 20.4. The third-order valence-corrected chi connectivity index (χ3v) is 9.47. The van der Waals surface area contributed by atoms with Gasteiger partial charge >= 0.3 is 5.97 Å². The van der Waals surface area contributed by atoms with E-state index in [1.165, 1.54) is 11.3 Å². The Morgan fingerprint density at radius 3 is 2.47 bits per heavy atom. The number of fused-ring (bicyclic) bond motifs is 1. The van der Waals surface area contributed by atoms with E-state index >= 15 is 0 Å². The molecule has 0 aliphatic carbocycles. The number of carboxylic acid groups (broad SMARTS) is 1. The van der Waals surface area contributed by atoms with Gasteiger partial charge in [0.2, 0.25) is 0 Å². The zero-order valence-corrected chi connectivity index (χ0v) is 28.6. The third kappa shape index (κ3) is 7.71. The third-order valence-electron chi connectivity index (χ3n) is 7.45. The molecule has 0 unspecified atom stereocenters. The molecule has 1 atom stereocenters. The first kappa shape index (κ1) is 32.6. The van der Waals surface area contributed by atoms with Crippen LogP contribution in [0, 0.1) is 5.41 Å². The Morgan fingerprint density at radius 1 is 1.07 bits per heavy atom. The van der Waals surface area contributed by atoms with Crippen molar-refractivity contribution in [3.63, 3.8) is 0 Å². The van der Waals surface area contributed by atoms with E-state index in [-0.39, 0.29) is 10.9 Å². The highest BCUT2D eigenvalue weighted by Gasteiger charge is 2.33. The fourth-order valence-electron chi connectivity index (χ4n) is 5.12. The van der Waals surface area contributed by atoms with Crippen LogP contribution in [0.3, 0.4) is 0 Å². The molecule has 0 saturated carbocycles. The highest BCUT2D eigenvalue weighted by molar-refractivity contribution is 8.00. The summed E-state index contributed by atoms with van der Waals surface area (Å²) in [4.78, 5) is 22.5. The molecule has 0 aliphatic rings. The second kappa shape index (κ2) is 13.3. The molecule has 2 aromatic carbocycles. The maximum absolute atomic E-state index is 12.4. The van der Waals surface area contributed by atoms with Crippen molar-refractivity contribution in [2.45, 2.75) is 77.2 Å². The summed E-state index contributed by atoms with van der Waals surface area (Å²) in [5, 5.41) is 13.9. The Bertz CT molecular complexity index is 1770. The van der Waals surface area contributed by atoms with Crippen LogP contribution < -0.4 is 9.47 Å². The Hall–Kier alpha value is -3.82. The van der Waals surface area contributed by atoms with Gasteiger partial charge in [-0.15, -0.1) is 11.8 Å². The molecule has 3 aromatic heterocycles. The van der Waals surface area contributed by atoms with Crippen LogP contribution in [0.5, 0.6) is 10.9 Å². The lowest BCUT2D eigenvalue weighted by molar-refractivity contribution is -0.146. The van der Waals surface area contributed by atoms with Crippen LogP contribution in [0.25, 0.3) is 22.2 Å². The van der Waals surface area contributed by atoms with Gasteiger partial charge in [0.05, 0.1) is 23.4 Å². The molecule has 3 heterocycles. The van der Waals surface area contributed by atoms with E-state index in [9.17, 15) is 9.90 Å². The van der Waals surface area contributed by atoms with Gasteiger partial charge in [-0.05, 0) is 63.6 Å². The predicted octanol–water partition coefficient (Wildman–Crippen LogP) is 9.29. The number of hydrogen-bond donors (Lipinski definition) is 1. The molecule has 9 heteroatoms. The van der Waals surface area contributed by atoms with Gasteiger partial charge in [-0.3, -0.25) is 9.78 Å². The fourth-order valence-corrected chi connectivity index (χ4v) is 7.05. The molecular weight excluding hydrogens is 603 g/mol. The Labute approximate surface area is 273 Å². The van der Waals surface area contributed by atoms with Crippen molar-refractivity contribution in [1.82, 2.24) is 14.5 Å². The van der Waals surface area contributed by atoms with Gasteiger partial charge in [-0.1, -0.05) is 62.4 Å². The normalized spacial score (nSPS) is 12.8. The van der Waals surface area contributed by atoms with Crippen molar-refractivity contribution in [2.75, 3.05) is 6.61 Å². The number of rotatable bonds is 12. The number of thioether (sulfide) groups is 1. The largest absolute Gasteiger partial charge is 0.484 e. The average Bonchev–Trinajstić information content (AvgIpc) is 3.56. The van der Waals surface area contributed by atoms with Gasteiger partial charge in [0.15, 0.2) is 0 Å². The number of pyridine rings is 1. The predicted molar refractivity (Wildman–Crippen MR) is 184 cm³/mol. The summed E-state index contributed by atoms with van der Waals surface area (Å²) in [6.45, 7) is 15.3. The Morgan fingerprint density at radius 2 is 1.82 bits per heavy atom. The molecule has 0 fully saturated rings. The number of thiazole rings is 1. The maximum atomic E-state index is 12.4. The Kier molecular flexibility index (Phi) is 9.60. The summed E-state index contributed by atoms with van der Waals surface area (Å²) >= 11 is 3.27. The molecule has 7 nitrogen and oxygen atoms in total. The number of carboxylic acids is 1. The number of ether oxygens (including phenoxy) is 2. The van der Waals surface area contributed by atoms with Crippen molar-refractivity contribution < 1.29 is 19.4 Å². The van der Waals surface area contributed by atoms with Gasteiger partial charge in [0.1, 0.15) is 11.9 Å². The monoisotopic (exact) mass is 643 g/mol. The van der Waals surface area contributed by atoms with Gasteiger partial charge in [0.25, 0.3) is 5.19 Å². The second-order valence-corrected chi connectivity index (χ2v) is 15.4. The molecular formula is C36H41N3O4S2. The lowest BCUT2D eigenvalue weighted by Gasteiger charge is -2.24. The van der Waals surface area contributed by atoms with Gasteiger partial charge < -0.3 is 19.1 Å². The SMILES string of the molecule is CCOc1nc(-c2ccc(Cn3c(CC(C)(C)C(=O)O)c(SC(C)(C)C)c4cc(O[C@H](C)c5ccccn5)ccc43)cc2)cs1. The van der Waals surface area contributed by atoms with E-state index in [0.717, 1.165) is 49.8 Å². The summed E-state index contributed by atoms with van der Waals surface area (Å²) in [7, 11) is 0. The topological polar surface area (TPSA) is 86.5 Å². The number of aromatic nitrogens is 3. The zero-order valence-electron chi connectivity index (χ0n) is 27.0. The molecule has 0 spiro atoms. The van der Waals surface area contributed by atoms with Gasteiger partial charge in [-0.25, -0.2) is 4.98 Å². The van der Waals surface area contributed by atoms with E-state index in [4.69, 9.17) is 9.47 Å². The maximum Gasteiger partial charge on any atom is 0.309 e. The van der Waals surface area contributed by atoms with Crippen molar-refractivity contribution in [3.05, 3.63) is 89.2 Å². The number of carbonyl (C=O) groups is 1. The molecule has 5 aromatic rings. The average molecular weight is 644 g/mol. The quantitative estimate of drug-likeness (QED) is 0.136. The van der Waals surface area contributed by atoms with Crippen LogP contribution in [-0.4, -0.2) is 37.0 Å². The van der Waals surface area contributed by atoms with E-state index in [1.807, 2.05) is 43.5 Å². The first-order chi connectivity index (χ1) is 21.3. The van der Waals surface area contributed by atoms with Gasteiger partial charge in [-0.2, -0.15) is 0 Å². The minimum atomic E-state index is -0.959. The van der Waals surface area contributed by atoms with Crippen LogP contribution in [0.15, 0.2) is 77.1 Å². The van der Waals surface area contributed by atoms with Crippen LogP contribution in [0.2, 0.25) is 0 Å². The molecule has 45 heavy (non-hydrogen) atoms. The smallest absolute Gasteiger partial charge is 0.309 e. The lowest BCUT2D eigenvalue weighted by Crippen LogP contribution is -2.28. The highest BCUT2D eigenvalue weighted by atomic mass is 32.2.